The van der Waals surface area contributed by atoms with E-state index in [2.05, 4.69) is 0 Å². The summed E-state index contributed by atoms with van der Waals surface area (Å²) in [4.78, 5) is 14.8. The molecule has 0 unspecified atom stereocenters. The van der Waals surface area contributed by atoms with E-state index < -0.39 is 10.0 Å². The third-order valence-corrected chi connectivity index (χ3v) is 6.35. The molecule has 1 amide bonds. The van der Waals surface area contributed by atoms with Crippen LogP contribution >= 0.6 is 0 Å². The van der Waals surface area contributed by atoms with Gasteiger partial charge in [0, 0.05) is 32.2 Å². The zero-order valence-electron chi connectivity index (χ0n) is 16.3. The highest BCUT2D eigenvalue weighted by atomic mass is 32.2. The van der Waals surface area contributed by atoms with Gasteiger partial charge in [-0.3, -0.25) is 4.79 Å². The Labute approximate surface area is 162 Å². The van der Waals surface area contributed by atoms with Crippen molar-refractivity contribution in [3.05, 3.63) is 65.7 Å². The molecule has 0 aliphatic heterocycles. The number of sulfonamides is 1. The molecule has 0 saturated heterocycles. The summed E-state index contributed by atoms with van der Waals surface area (Å²) in [6.45, 7) is 5.43. The Bertz CT molecular complexity index is 851. The average molecular weight is 389 g/mol. The highest BCUT2D eigenvalue weighted by Gasteiger charge is 2.22. The van der Waals surface area contributed by atoms with Gasteiger partial charge in [-0.15, -0.1) is 0 Å². The standard InChI is InChI=1S/C21H28N2O3S/c1-4-6-15-22(3)27(25,26)20-14-10-13-19(16-20)21(24)23(5-2)17-18-11-8-7-9-12-18/h7-14,16H,4-6,15,17H2,1-3H3. The van der Waals surface area contributed by atoms with E-state index in [1.807, 2.05) is 44.2 Å². The van der Waals surface area contributed by atoms with Crippen molar-refractivity contribution >= 4 is 15.9 Å². The molecule has 27 heavy (non-hydrogen) atoms. The van der Waals surface area contributed by atoms with Crippen LogP contribution in [0.25, 0.3) is 0 Å². The highest BCUT2D eigenvalue weighted by molar-refractivity contribution is 7.89. The lowest BCUT2D eigenvalue weighted by Crippen LogP contribution is -2.31. The number of amides is 1. The number of nitrogens with zero attached hydrogens (tertiary/aromatic N) is 2. The molecule has 0 N–H and O–H groups in total. The largest absolute Gasteiger partial charge is 0.335 e. The molecule has 5 nitrogen and oxygen atoms in total. The van der Waals surface area contributed by atoms with Gasteiger partial charge in [-0.05, 0) is 37.1 Å². The van der Waals surface area contributed by atoms with Crippen LogP contribution in [0, 0.1) is 0 Å². The maximum atomic E-state index is 12.9. The zero-order valence-corrected chi connectivity index (χ0v) is 17.1. The van der Waals surface area contributed by atoms with Gasteiger partial charge in [0.2, 0.25) is 10.0 Å². The Hall–Kier alpha value is -2.18. The summed E-state index contributed by atoms with van der Waals surface area (Å²) in [5, 5.41) is 0. The third kappa shape index (κ3) is 5.40. The number of carbonyl (C=O) groups excluding carboxylic acids is 1. The Morgan fingerprint density at radius 3 is 2.33 bits per heavy atom. The van der Waals surface area contributed by atoms with E-state index in [9.17, 15) is 13.2 Å². The summed E-state index contributed by atoms with van der Waals surface area (Å²) >= 11 is 0. The molecule has 146 valence electrons. The van der Waals surface area contributed by atoms with Gasteiger partial charge < -0.3 is 4.90 Å². The monoisotopic (exact) mass is 388 g/mol. The molecule has 0 saturated carbocycles. The lowest BCUT2D eigenvalue weighted by atomic mass is 10.1. The van der Waals surface area contributed by atoms with Crippen LogP contribution in [0.3, 0.4) is 0 Å². The molecule has 2 aromatic rings. The fourth-order valence-corrected chi connectivity index (χ4v) is 4.04. The van der Waals surface area contributed by atoms with E-state index in [1.165, 1.54) is 10.4 Å². The summed E-state index contributed by atoms with van der Waals surface area (Å²) < 4.78 is 26.8. The first-order valence-corrected chi connectivity index (χ1v) is 10.7. The topological polar surface area (TPSA) is 57.7 Å². The molecule has 0 atom stereocenters. The van der Waals surface area contributed by atoms with Crippen molar-refractivity contribution in [1.29, 1.82) is 0 Å². The molecule has 0 aromatic heterocycles. The molecule has 0 bridgehead atoms. The van der Waals surface area contributed by atoms with Crippen molar-refractivity contribution in [2.24, 2.45) is 0 Å². The number of benzene rings is 2. The second-order valence-electron chi connectivity index (χ2n) is 6.51. The number of hydrogen-bond donors (Lipinski definition) is 0. The SMILES string of the molecule is CCCCN(C)S(=O)(=O)c1cccc(C(=O)N(CC)Cc2ccccc2)c1. The molecule has 0 aliphatic carbocycles. The minimum Gasteiger partial charge on any atom is -0.335 e. The fraction of sp³-hybridized carbons (Fsp3) is 0.381. The van der Waals surface area contributed by atoms with Crippen LogP contribution in [-0.4, -0.2) is 43.7 Å². The van der Waals surface area contributed by atoms with Gasteiger partial charge in [-0.1, -0.05) is 49.7 Å². The van der Waals surface area contributed by atoms with Crippen molar-refractivity contribution < 1.29 is 13.2 Å². The number of carbonyl (C=O) groups is 1. The van der Waals surface area contributed by atoms with Crippen LogP contribution in [0.1, 0.15) is 42.6 Å². The Morgan fingerprint density at radius 1 is 1.00 bits per heavy atom. The van der Waals surface area contributed by atoms with Crippen molar-refractivity contribution in [2.75, 3.05) is 20.1 Å². The molecule has 0 radical (unpaired) electrons. The molecule has 6 heteroatoms. The smallest absolute Gasteiger partial charge is 0.254 e. The lowest BCUT2D eigenvalue weighted by molar-refractivity contribution is 0.0752. The van der Waals surface area contributed by atoms with Gasteiger partial charge in [0.05, 0.1) is 4.90 Å². The summed E-state index contributed by atoms with van der Waals surface area (Å²) in [6.07, 6.45) is 1.72. The van der Waals surface area contributed by atoms with Gasteiger partial charge in [-0.2, -0.15) is 0 Å². The van der Waals surface area contributed by atoms with Gasteiger partial charge in [0.25, 0.3) is 5.91 Å². The molecule has 2 aromatic carbocycles. The maximum Gasteiger partial charge on any atom is 0.254 e. The van der Waals surface area contributed by atoms with Gasteiger partial charge >= 0.3 is 0 Å². The van der Waals surface area contributed by atoms with Crippen molar-refractivity contribution in [3.63, 3.8) is 0 Å². The first kappa shape index (κ1) is 21.1. The second-order valence-corrected chi connectivity index (χ2v) is 8.56. The minimum absolute atomic E-state index is 0.155. The van der Waals surface area contributed by atoms with Crippen molar-refractivity contribution in [1.82, 2.24) is 9.21 Å². The third-order valence-electron chi connectivity index (χ3n) is 4.50. The predicted octanol–water partition coefficient (Wildman–Crippen LogP) is 3.77. The van der Waals surface area contributed by atoms with E-state index in [4.69, 9.17) is 0 Å². The first-order valence-electron chi connectivity index (χ1n) is 9.29. The maximum absolute atomic E-state index is 12.9. The number of rotatable bonds is 9. The lowest BCUT2D eigenvalue weighted by Gasteiger charge is -2.22. The molecule has 0 heterocycles. The van der Waals surface area contributed by atoms with Gasteiger partial charge in [-0.25, -0.2) is 12.7 Å². The molecule has 0 aliphatic rings. The number of unbranched alkanes of at least 4 members (excludes halogenated alkanes) is 1. The Morgan fingerprint density at radius 2 is 1.70 bits per heavy atom. The van der Waals surface area contributed by atoms with Crippen LogP contribution in [0.2, 0.25) is 0 Å². The van der Waals surface area contributed by atoms with Crippen LogP contribution in [-0.2, 0) is 16.6 Å². The second kappa shape index (κ2) is 9.67. The summed E-state index contributed by atoms with van der Waals surface area (Å²) in [6, 6.07) is 16.1. The summed E-state index contributed by atoms with van der Waals surface area (Å²) in [5.74, 6) is -0.172. The normalized spacial score (nSPS) is 11.6. The van der Waals surface area contributed by atoms with Gasteiger partial charge in [0.1, 0.15) is 0 Å². The Kier molecular flexibility index (Phi) is 7.56. The van der Waals surface area contributed by atoms with Crippen LogP contribution < -0.4 is 0 Å². The van der Waals surface area contributed by atoms with E-state index >= 15 is 0 Å². The molecule has 0 fully saturated rings. The van der Waals surface area contributed by atoms with Crippen LogP contribution in [0.15, 0.2) is 59.5 Å². The summed E-state index contributed by atoms with van der Waals surface area (Å²) in [7, 11) is -2.02. The van der Waals surface area contributed by atoms with Crippen molar-refractivity contribution in [2.45, 2.75) is 38.1 Å². The first-order chi connectivity index (χ1) is 12.9. The number of hydrogen-bond acceptors (Lipinski definition) is 3. The quantitative estimate of drug-likeness (QED) is 0.657. The average Bonchev–Trinajstić information content (AvgIpc) is 2.70. The highest BCUT2D eigenvalue weighted by Crippen LogP contribution is 2.18. The van der Waals surface area contributed by atoms with Gasteiger partial charge in [0.15, 0.2) is 0 Å². The zero-order chi connectivity index (χ0) is 19.9. The van der Waals surface area contributed by atoms with E-state index in [0.717, 1.165) is 18.4 Å². The minimum atomic E-state index is -3.60. The molecule has 0 spiro atoms. The molecular weight excluding hydrogens is 360 g/mol. The van der Waals surface area contributed by atoms with E-state index in [0.29, 0.717) is 25.2 Å². The predicted molar refractivity (Wildman–Crippen MR) is 108 cm³/mol. The molecule has 2 rings (SSSR count). The van der Waals surface area contributed by atoms with E-state index in [-0.39, 0.29) is 10.8 Å². The van der Waals surface area contributed by atoms with E-state index in [1.54, 1.807) is 30.1 Å². The van der Waals surface area contributed by atoms with Crippen molar-refractivity contribution in [3.8, 4) is 0 Å². The summed E-state index contributed by atoms with van der Waals surface area (Å²) in [5.41, 5.74) is 1.42. The fourth-order valence-electron chi connectivity index (χ4n) is 2.78. The van der Waals surface area contributed by atoms with Crippen LogP contribution in [0.4, 0.5) is 0 Å². The Balaban J connectivity index is 2.23. The molecular formula is C21H28N2O3S. The van der Waals surface area contributed by atoms with Crippen LogP contribution in [0.5, 0.6) is 0 Å².